The van der Waals surface area contributed by atoms with Crippen molar-refractivity contribution in [3.63, 3.8) is 0 Å². The van der Waals surface area contributed by atoms with E-state index >= 15 is 0 Å². The lowest BCUT2D eigenvalue weighted by atomic mass is 10.1. The number of benzene rings is 4. The van der Waals surface area contributed by atoms with Gasteiger partial charge in [-0.2, -0.15) is 9.41 Å². The van der Waals surface area contributed by atoms with Gasteiger partial charge in [0.1, 0.15) is 5.75 Å². The van der Waals surface area contributed by atoms with Gasteiger partial charge >= 0.3 is 0 Å². The lowest BCUT2D eigenvalue weighted by Gasteiger charge is -2.21. The molecule has 4 aromatic carbocycles. The molecule has 4 aromatic rings. The molecule has 42 heavy (non-hydrogen) atoms. The molecule has 2 amide bonds. The van der Waals surface area contributed by atoms with Gasteiger partial charge in [-0.15, -0.1) is 0 Å². The maximum atomic E-state index is 13.3. The highest BCUT2D eigenvalue weighted by atomic mass is 32.2. The number of carbonyl (C=O) groups excluding carboxylic acids is 2. The molecule has 0 fully saturated rings. The molecule has 9 nitrogen and oxygen atoms in total. The van der Waals surface area contributed by atoms with Crippen LogP contribution in [-0.2, 0) is 26.2 Å². The van der Waals surface area contributed by atoms with E-state index < -0.39 is 22.5 Å². The van der Waals surface area contributed by atoms with Gasteiger partial charge in [0.2, 0.25) is 10.0 Å². The van der Waals surface area contributed by atoms with Crippen LogP contribution < -0.4 is 15.5 Å². The van der Waals surface area contributed by atoms with Crippen molar-refractivity contribution >= 4 is 28.1 Å². The molecule has 0 aliphatic heterocycles. The average molecular weight is 585 g/mol. The average Bonchev–Trinajstić information content (AvgIpc) is 3.01. The maximum absolute atomic E-state index is 13.3. The molecule has 0 unspecified atom stereocenters. The molecule has 2 N–H and O–H groups in total. The van der Waals surface area contributed by atoms with Crippen molar-refractivity contribution in [1.82, 2.24) is 15.0 Å². The summed E-state index contributed by atoms with van der Waals surface area (Å²) >= 11 is 0. The van der Waals surface area contributed by atoms with Crippen molar-refractivity contribution in [3.05, 3.63) is 132 Å². The summed E-state index contributed by atoms with van der Waals surface area (Å²) in [5, 5.41) is 6.87. The molecule has 0 aromatic heterocycles. The third-order valence-corrected chi connectivity index (χ3v) is 8.04. The summed E-state index contributed by atoms with van der Waals surface area (Å²) in [5.41, 5.74) is 4.82. The molecule has 216 valence electrons. The Morgan fingerprint density at radius 3 is 2.07 bits per heavy atom. The SMILES string of the molecule is C[C@H](NC(=O)COc1ccc(/C=N\NC(=O)CN(Cc2ccccc2)S(=O)(=O)c2ccccc2)cc1)c1ccccc1. The number of ether oxygens (including phenoxy) is 1. The Kier molecular flexibility index (Phi) is 10.6. The van der Waals surface area contributed by atoms with Crippen molar-refractivity contribution < 1.29 is 22.7 Å². The van der Waals surface area contributed by atoms with Crippen LogP contribution in [-0.4, -0.2) is 43.9 Å². The molecule has 1 atom stereocenters. The minimum atomic E-state index is -3.93. The first-order valence-electron chi connectivity index (χ1n) is 13.3. The fourth-order valence-electron chi connectivity index (χ4n) is 4.04. The highest BCUT2D eigenvalue weighted by Gasteiger charge is 2.26. The van der Waals surface area contributed by atoms with Crippen LogP contribution in [0.15, 0.2) is 125 Å². The molecular formula is C32H32N4O5S. The summed E-state index contributed by atoms with van der Waals surface area (Å²) in [6, 6.07) is 33.4. The number of rotatable bonds is 13. The van der Waals surface area contributed by atoms with Gasteiger partial charge in [0.15, 0.2) is 6.61 Å². The Bertz CT molecular complexity index is 1580. The second kappa shape index (κ2) is 14.7. The van der Waals surface area contributed by atoms with E-state index in [1.807, 2.05) is 55.5 Å². The molecule has 0 saturated carbocycles. The fraction of sp³-hybridized carbons (Fsp3) is 0.156. The van der Waals surface area contributed by atoms with Crippen molar-refractivity contribution in [2.75, 3.05) is 13.2 Å². The molecule has 0 radical (unpaired) electrons. The second-order valence-electron chi connectivity index (χ2n) is 9.42. The number of hydrogen-bond acceptors (Lipinski definition) is 6. The van der Waals surface area contributed by atoms with Gasteiger partial charge in [-0.3, -0.25) is 9.59 Å². The van der Waals surface area contributed by atoms with Crippen LogP contribution in [0, 0.1) is 0 Å². The van der Waals surface area contributed by atoms with Crippen molar-refractivity contribution in [2.24, 2.45) is 5.10 Å². The van der Waals surface area contributed by atoms with Gasteiger partial charge in [0, 0.05) is 6.54 Å². The number of nitrogens with zero attached hydrogens (tertiary/aromatic N) is 2. The van der Waals surface area contributed by atoms with Crippen LogP contribution in [0.5, 0.6) is 5.75 Å². The summed E-state index contributed by atoms with van der Waals surface area (Å²) in [5.74, 6) is -0.325. The first kappa shape index (κ1) is 30.2. The minimum absolute atomic E-state index is 0.0276. The molecule has 0 heterocycles. The topological polar surface area (TPSA) is 117 Å². The van der Waals surface area contributed by atoms with E-state index in [1.54, 1.807) is 54.6 Å². The Morgan fingerprint density at radius 2 is 1.43 bits per heavy atom. The molecule has 10 heteroatoms. The highest BCUT2D eigenvalue weighted by Crippen LogP contribution is 2.18. The molecule has 0 aliphatic rings. The van der Waals surface area contributed by atoms with Gasteiger partial charge in [-0.25, -0.2) is 13.8 Å². The standard InChI is InChI=1S/C32H32N4O5S/c1-25(28-13-7-3-8-14-28)34-32(38)24-41-29-19-17-26(18-20-29)21-33-35-31(37)23-36(22-27-11-5-2-6-12-27)42(39,40)30-15-9-4-10-16-30/h2-21,25H,22-24H2,1H3,(H,34,38)(H,35,37)/b33-21-/t25-/m0/s1. The Morgan fingerprint density at radius 1 is 0.833 bits per heavy atom. The third-order valence-electron chi connectivity index (χ3n) is 6.23. The highest BCUT2D eigenvalue weighted by molar-refractivity contribution is 7.89. The lowest BCUT2D eigenvalue weighted by Crippen LogP contribution is -2.39. The Labute approximate surface area is 245 Å². The van der Waals surface area contributed by atoms with Gasteiger partial charge in [0.05, 0.1) is 23.7 Å². The largest absolute Gasteiger partial charge is 0.484 e. The zero-order chi connectivity index (χ0) is 29.8. The molecule has 0 saturated heterocycles. The Balaban J connectivity index is 1.29. The zero-order valence-electron chi connectivity index (χ0n) is 23.1. The number of sulfonamides is 1. The maximum Gasteiger partial charge on any atom is 0.258 e. The molecule has 0 spiro atoms. The van der Waals surface area contributed by atoms with E-state index in [-0.39, 0.29) is 30.0 Å². The van der Waals surface area contributed by atoms with E-state index in [9.17, 15) is 18.0 Å². The van der Waals surface area contributed by atoms with E-state index in [2.05, 4.69) is 15.8 Å². The molecule has 4 rings (SSSR count). The molecule has 0 aliphatic carbocycles. The molecular weight excluding hydrogens is 552 g/mol. The van der Waals surface area contributed by atoms with E-state index in [0.717, 1.165) is 15.4 Å². The van der Waals surface area contributed by atoms with Crippen molar-refractivity contribution in [3.8, 4) is 5.75 Å². The fourth-order valence-corrected chi connectivity index (χ4v) is 5.44. The number of carbonyl (C=O) groups is 2. The molecule has 0 bridgehead atoms. The summed E-state index contributed by atoms with van der Waals surface area (Å²) in [6.45, 7) is 1.39. The first-order valence-corrected chi connectivity index (χ1v) is 14.7. The monoisotopic (exact) mass is 584 g/mol. The van der Waals surface area contributed by atoms with Crippen LogP contribution in [0.1, 0.15) is 29.7 Å². The van der Waals surface area contributed by atoms with Crippen molar-refractivity contribution in [2.45, 2.75) is 24.4 Å². The minimum Gasteiger partial charge on any atom is -0.484 e. The number of nitrogens with one attached hydrogen (secondary N) is 2. The van der Waals surface area contributed by atoms with E-state index in [4.69, 9.17) is 4.74 Å². The Hall–Kier alpha value is -4.80. The smallest absolute Gasteiger partial charge is 0.258 e. The quantitative estimate of drug-likeness (QED) is 0.180. The van der Waals surface area contributed by atoms with Crippen LogP contribution in [0.3, 0.4) is 0 Å². The predicted octanol–water partition coefficient (Wildman–Crippen LogP) is 4.28. The predicted molar refractivity (Wildman–Crippen MR) is 161 cm³/mol. The number of hydrogen-bond donors (Lipinski definition) is 2. The zero-order valence-corrected chi connectivity index (χ0v) is 23.9. The summed E-state index contributed by atoms with van der Waals surface area (Å²) < 4.78 is 33.3. The van der Waals surface area contributed by atoms with Crippen molar-refractivity contribution in [1.29, 1.82) is 0 Å². The third kappa shape index (κ3) is 8.85. The van der Waals surface area contributed by atoms with E-state index in [0.29, 0.717) is 11.3 Å². The first-order chi connectivity index (χ1) is 20.3. The van der Waals surface area contributed by atoms with Crippen LogP contribution >= 0.6 is 0 Å². The summed E-state index contributed by atoms with van der Waals surface area (Å²) in [4.78, 5) is 25.0. The van der Waals surface area contributed by atoms with Gasteiger partial charge in [-0.1, -0.05) is 78.9 Å². The summed E-state index contributed by atoms with van der Waals surface area (Å²) in [6.07, 6.45) is 1.43. The van der Waals surface area contributed by atoms with Crippen LogP contribution in [0.25, 0.3) is 0 Å². The van der Waals surface area contributed by atoms with E-state index in [1.165, 1.54) is 18.3 Å². The van der Waals surface area contributed by atoms with Crippen LogP contribution in [0.4, 0.5) is 0 Å². The van der Waals surface area contributed by atoms with Gasteiger partial charge < -0.3 is 10.1 Å². The summed E-state index contributed by atoms with van der Waals surface area (Å²) in [7, 11) is -3.93. The van der Waals surface area contributed by atoms with Crippen LogP contribution in [0.2, 0.25) is 0 Å². The van der Waals surface area contributed by atoms with Gasteiger partial charge in [0.25, 0.3) is 11.8 Å². The van der Waals surface area contributed by atoms with Gasteiger partial charge in [-0.05, 0) is 60.0 Å². The second-order valence-corrected chi connectivity index (χ2v) is 11.4. The lowest BCUT2D eigenvalue weighted by molar-refractivity contribution is -0.124. The number of amides is 2. The number of hydrazone groups is 1. The normalized spacial score (nSPS) is 12.1.